The second kappa shape index (κ2) is 6.96. The molecule has 0 spiro atoms. The molecule has 0 bridgehead atoms. The molecular weight excluding hydrogens is 254 g/mol. The first-order chi connectivity index (χ1) is 9.90. The highest BCUT2D eigenvalue weighted by atomic mass is 14.7. The van der Waals surface area contributed by atoms with Crippen molar-refractivity contribution in [1.82, 2.24) is 0 Å². The largest absolute Gasteiger partial charge is 0.321 e. The Morgan fingerprint density at radius 1 is 1.14 bits per heavy atom. The predicted molar refractivity (Wildman–Crippen MR) is 92.3 cm³/mol. The van der Waals surface area contributed by atoms with Crippen LogP contribution in [0.2, 0.25) is 0 Å². The van der Waals surface area contributed by atoms with Crippen LogP contribution in [-0.4, -0.2) is 0 Å². The molecule has 0 aliphatic heterocycles. The molecule has 1 aromatic rings. The molecule has 1 aliphatic rings. The lowest BCUT2D eigenvalue weighted by Gasteiger charge is -2.30. The van der Waals surface area contributed by atoms with Gasteiger partial charge < -0.3 is 5.73 Å². The lowest BCUT2D eigenvalue weighted by Crippen LogP contribution is -2.36. The molecule has 1 nitrogen and oxygen atoms in total. The summed E-state index contributed by atoms with van der Waals surface area (Å²) < 4.78 is 0. The van der Waals surface area contributed by atoms with Crippen molar-refractivity contribution in [3.05, 3.63) is 35.4 Å². The molecule has 2 rings (SSSR count). The first kappa shape index (κ1) is 16.5. The van der Waals surface area contributed by atoms with Crippen LogP contribution in [0.1, 0.15) is 70.9 Å². The zero-order valence-electron chi connectivity index (χ0n) is 14.4. The van der Waals surface area contributed by atoms with Gasteiger partial charge in [0.05, 0.1) is 0 Å². The molecule has 2 unspecified atom stereocenters. The van der Waals surface area contributed by atoms with E-state index in [0.717, 1.165) is 31.1 Å². The van der Waals surface area contributed by atoms with Crippen molar-refractivity contribution in [3.8, 4) is 0 Å². The summed E-state index contributed by atoms with van der Waals surface area (Å²) in [6.07, 6.45) is 7.33. The van der Waals surface area contributed by atoms with Crippen molar-refractivity contribution in [2.75, 3.05) is 0 Å². The molecule has 1 aliphatic carbocycles. The third kappa shape index (κ3) is 4.32. The highest BCUT2D eigenvalue weighted by Crippen LogP contribution is 2.38. The maximum atomic E-state index is 6.84. The Bertz CT molecular complexity index is 449. The van der Waals surface area contributed by atoms with E-state index in [1.807, 2.05) is 0 Å². The fourth-order valence-electron chi connectivity index (χ4n) is 3.83. The van der Waals surface area contributed by atoms with E-state index in [1.165, 1.54) is 30.4 Å². The van der Waals surface area contributed by atoms with Crippen LogP contribution < -0.4 is 5.73 Å². The summed E-state index contributed by atoms with van der Waals surface area (Å²) in [5.41, 5.74) is 9.55. The molecule has 2 atom stereocenters. The fourth-order valence-corrected chi connectivity index (χ4v) is 3.83. The van der Waals surface area contributed by atoms with E-state index in [-0.39, 0.29) is 5.54 Å². The Morgan fingerprint density at radius 3 is 2.57 bits per heavy atom. The van der Waals surface area contributed by atoms with Crippen LogP contribution in [0.15, 0.2) is 24.3 Å². The fraction of sp³-hybridized carbons (Fsp3) is 0.700. The SMILES string of the molecule is CC(C)Cc1cccc(C2(N)CCCC(C(C)C)CC2)c1. The molecule has 21 heavy (non-hydrogen) atoms. The average Bonchev–Trinajstić information content (AvgIpc) is 2.61. The number of benzene rings is 1. The quantitative estimate of drug-likeness (QED) is 0.749. The number of rotatable bonds is 4. The lowest BCUT2D eigenvalue weighted by molar-refractivity contribution is 0.325. The molecule has 1 aromatic carbocycles. The Morgan fingerprint density at radius 2 is 1.90 bits per heavy atom. The topological polar surface area (TPSA) is 26.0 Å². The highest BCUT2D eigenvalue weighted by molar-refractivity contribution is 5.30. The van der Waals surface area contributed by atoms with Gasteiger partial charge in [-0.05, 0) is 54.6 Å². The summed E-state index contributed by atoms with van der Waals surface area (Å²) in [6, 6.07) is 9.07. The van der Waals surface area contributed by atoms with E-state index in [2.05, 4.69) is 52.0 Å². The van der Waals surface area contributed by atoms with Crippen LogP contribution in [-0.2, 0) is 12.0 Å². The summed E-state index contributed by atoms with van der Waals surface area (Å²) in [5.74, 6) is 2.35. The predicted octanol–water partition coefficient (Wildman–Crippen LogP) is 5.28. The van der Waals surface area contributed by atoms with E-state index in [0.29, 0.717) is 5.92 Å². The number of hydrogen-bond donors (Lipinski definition) is 1. The summed E-state index contributed by atoms with van der Waals surface area (Å²) in [4.78, 5) is 0. The zero-order chi connectivity index (χ0) is 15.5. The number of nitrogens with two attached hydrogens (primary N) is 1. The second-order valence-electron chi connectivity index (χ2n) is 7.89. The van der Waals surface area contributed by atoms with Gasteiger partial charge in [0.15, 0.2) is 0 Å². The van der Waals surface area contributed by atoms with Crippen LogP contribution in [0.4, 0.5) is 0 Å². The monoisotopic (exact) mass is 287 g/mol. The molecule has 1 fully saturated rings. The third-order valence-corrected chi connectivity index (χ3v) is 5.25. The molecule has 0 heterocycles. The minimum absolute atomic E-state index is 0.101. The molecule has 1 heteroatoms. The molecule has 0 amide bonds. The maximum absolute atomic E-state index is 6.84. The molecule has 0 saturated heterocycles. The first-order valence-electron chi connectivity index (χ1n) is 8.79. The first-order valence-corrected chi connectivity index (χ1v) is 8.79. The van der Waals surface area contributed by atoms with E-state index >= 15 is 0 Å². The van der Waals surface area contributed by atoms with Gasteiger partial charge in [0, 0.05) is 5.54 Å². The van der Waals surface area contributed by atoms with Crippen LogP contribution in [0.3, 0.4) is 0 Å². The summed E-state index contributed by atoms with van der Waals surface area (Å²) in [7, 11) is 0. The normalized spacial score (nSPS) is 27.1. The van der Waals surface area contributed by atoms with Crippen molar-refractivity contribution in [2.45, 2.75) is 71.8 Å². The minimum atomic E-state index is -0.101. The van der Waals surface area contributed by atoms with E-state index < -0.39 is 0 Å². The maximum Gasteiger partial charge on any atom is 0.0409 e. The smallest absolute Gasteiger partial charge is 0.0409 e. The van der Waals surface area contributed by atoms with Crippen molar-refractivity contribution in [1.29, 1.82) is 0 Å². The van der Waals surface area contributed by atoms with Gasteiger partial charge in [0.2, 0.25) is 0 Å². The van der Waals surface area contributed by atoms with Gasteiger partial charge in [0.1, 0.15) is 0 Å². The Balaban J connectivity index is 2.15. The van der Waals surface area contributed by atoms with Gasteiger partial charge in [-0.15, -0.1) is 0 Å². The van der Waals surface area contributed by atoms with Crippen LogP contribution in [0.25, 0.3) is 0 Å². The minimum Gasteiger partial charge on any atom is -0.321 e. The molecule has 118 valence electrons. The highest BCUT2D eigenvalue weighted by Gasteiger charge is 2.31. The van der Waals surface area contributed by atoms with Crippen molar-refractivity contribution < 1.29 is 0 Å². The Labute approximate surface area is 131 Å². The molecule has 1 saturated carbocycles. The Hall–Kier alpha value is -0.820. The summed E-state index contributed by atoms with van der Waals surface area (Å²) in [5, 5.41) is 0. The van der Waals surface area contributed by atoms with E-state index in [9.17, 15) is 0 Å². The van der Waals surface area contributed by atoms with Crippen LogP contribution >= 0.6 is 0 Å². The van der Waals surface area contributed by atoms with Gasteiger partial charge in [0.25, 0.3) is 0 Å². The zero-order valence-corrected chi connectivity index (χ0v) is 14.4. The van der Waals surface area contributed by atoms with Crippen molar-refractivity contribution in [2.24, 2.45) is 23.5 Å². The molecule has 0 radical (unpaired) electrons. The average molecular weight is 287 g/mol. The molecule has 2 N–H and O–H groups in total. The van der Waals surface area contributed by atoms with Crippen LogP contribution in [0.5, 0.6) is 0 Å². The van der Waals surface area contributed by atoms with Gasteiger partial charge in [-0.3, -0.25) is 0 Å². The molecule has 0 aromatic heterocycles. The Kier molecular flexibility index (Phi) is 5.48. The lowest BCUT2D eigenvalue weighted by atomic mass is 9.81. The van der Waals surface area contributed by atoms with Gasteiger partial charge in [-0.2, -0.15) is 0 Å². The standard InChI is InChI=1S/C20H33N/c1-15(2)13-17-7-5-9-19(14-17)20(21)11-6-8-18(10-12-20)16(3)4/h5,7,9,14-16,18H,6,8,10-13,21H2,1-4H3. The molecular formula is C20H33N. The van der Waals surface area contributed by atoms with E-state index in [1.54, 1.807) is 0 Å². The summed E-state index contributed by atoms with van der Waals surface area (Å²) >= 11 is 0. The van der Waals surface area contributed by atoms with Crippen LogP contribution in [0, 0.1) is 17.8 Å². The van der Waals surface area contributed by atoms with Gasteiger partial charge in [-0.1, -0.05) is 64.8 Å². The third-order valence-electron chi connectivity index (χ3n) is 5.25. The van der Waals surface area contributed by atoms with Gasteiger partial charge >= 0.3 is 0 Å². The second-order valence-corrected chi connectivity index (χ2v) is 7.89. The van der Waals surface area contributed by atoms with Gasteiger partial charge in [-0.25, -0.2) is 0 Å². The number of hydrogen-bond acceptors (Lipinski definition) is 1. The van der Waals surface area contributed by atoms with Crippen molar-refractivity contribution >= 4 is 0 Å². The van der Waals surface area contributed by atoms with Crippen molar-refractivity contribution in [3.63, 3.8) is 0 Å². The summed E-state index contributed by atoms with van der Waals surface area (Å²) in [6.45, 7) is 9.28. The van der Waals surface area contributed by atoms with E-state index in [4.69, 9.17) is 5.73 Å².